The molecule has 0 unspecified atom stereocenters. The van der Waals surface area contributed by atoms with E-state index in [1.165, 1.54) is 12.8 Å². The van der Waals surface area contributed by atoms with Crippen LogP contribution >= 0.6 is 0 Å². The van der Waals surface area contributed by atoms with Gasteiger partial charge in [0.25, 0.3) is 5.89 Å². The average Bonchev–Trinajstić information content (AvgIpc) is 3.31. The first-order valence-corrected chi connectivity index (χ1v) is 9.75. The van der Waals surface area contributed by atoms with Crippen molar-refractivity contribution in [1.29, 1.82) is 5.26 Å². The first-order valence-electron chi connectivity index (χ1n) is 9.75. The quantitative estimate of drug-likeness (QED) is 0.825. The standard InChI is InChI=1S/C20H24N4O3/c21-14-16-20(27-18(22-16)17-6-5-13-26-17)24-11-7-15(8-12-24)19(25)23-9-3-1-2-4-10-23/h5-6,13,15H,1-4,7-12H2. The third-order valence-electron chi connectivity index (χ3n) is 5.50. The van der Waals surface area contributed by atoms with Crippen molar-refractivity contribution in [2.45, 2.75) is 38.5 Å². The Hall–Kier alpha value is -2.75. The fourth-order valence-corrected chi connectivity index (χ4v) is 3.98. The lowest BCUT2D eigenvalue weighted by Crippen LogP contribution is -2.43. The molecule has 2 aromatic rings. The predicted molar refractivity (Wildman–Crippen MR) is 98.9 cm³/mol. The smallest absolute Gasteiger partial charge is 0.266 e. The Bertz CT molecular complexity index is 805. The molecule has 0 atom stereocenters. The van der Waals surface area contributed by atoms with Gasteiger partial charge in [-0.05, 0) is 37.8 Å². The second-order valence-electron chi connectivity index (χ2n) is 7.26. The van der Waals surface area contributed by atoms with Crippen molar-refractivity contribution in [2.24, 2.45) is 5.92 Å². The van der Waals surface area contributed by atoms with Crippen LogP contribution in [0.25, 0.3) is 11.7 Å². The number of rotatable bonds is 3. The molecule has 2 aromatic heterocycles. The van der Waals surface area contributed by atoms with E-state index in [2.05, 4.69) is 16.0 Å². The van der Waals surface area contributed by atoms with Crippen molar-refractivity contribution < 1.29 is 13.6 Å². The van der Waals surface area contributed by atoms with Crippen LogP contribution in [-0.4, -0.2) is 42.0 Å². The summed E-state index contributed by atoms with van der Waals surface area (Å²) in [6.45, 7) is 3.16. The van der Waals surface area contributed by atoms with Gasteiger partial charge >= 0.3 is 0 Å². The number of piperidine rings is 1. The van der Waals surface area contributed by atoms with E-state index in [1.54, 1.807) is 18.4 Å². The van der Waals surface area contributed by atoms with Gasteiger partial charge in [-0.2, -0.15) is 10.2 Å². The first-order chi connectivity index (χ1) is 13.3. The molecule has 0 aliphatic carbocycles. The summed E-state index contributed by atoms with van der Waals surface area (Å²) in [6, 6.07) is 5.61. The van der Waals surface area contributed by atoms with E-state index in [-0.39, 0.29) is 11.6 Å². The summed E-state index contributed by atoms with van der Waals surface area (Å²) in [5, 5.41) is 9.41. The van der Waals surface area contributed by atoms with Gasteiger partial charge in [0.15, 0.2) is 5.76 Å². The average molecular weight is 368 g/mol. The monoisotopic (exact) mass is 368 g/mol. The predicted octanol–water partition coefficient (Wildman–Crippen LogP) is 3.43. The topological polar surface area (TPSA) is 86.5 Å². The van der Waals surface area contributed by atoms with Crippen molar-refractivity contribution in [3.8, 4) is 17.7 Å². The number of likely N-dealkylation sites (tertiary alicyclic amines) is 1. The van der Waals surface area contributed by atoms with E-state index in [9.17, 15) is 10.1 Å². The molecule has 0 N–H and O–H groups in total. The molecule has 2 saturated heterocycles. The molecule has 142 valence electrons. The fourth-order valence-electron chi connectivity index (χ4n) is 3.98. The highest BCUT2D eigenvalue weighted by molar-refractivity contribution is 5.79. The van der Waals surface area contributed by atoms with Crippen LogP contribution in [0.3, 0.4) is 0 Å². The van der Waals surface area contributed by atoms with Gasteiger partial charge in [0.1, 0.15) is 6.07 Å². The Balaban J connectivity index is 1.42. The Morgan fingerprint density at radius 3 is 2.52 bits per heavy atom. The Morgan fingerprint density at radius 2 is 1.89 bits per heavy atom. The highest BCUT2D eigenvalue weighted by Gasteiger charge is 2.31. The number of carbonyl (C=O) groups is 1. The molecule has 7 heteroatoms. The molecule has 0 spiro atoms. The van der Waals surface area contributed by atoms with Crippen LogP contribution in [0, 0.1) is 17.2 Å². The Morgan fingerprint density at radius 1 is 1.15 bits per heavy atom. The van der Waals surface area contributed by atoms with E-state index in [1.807, 2.05) is 4.90 Å². The molecule has 0 bridgehead atoms. The zero-order valence-electron chi connectivity index (χ0n) is 15.4. The summed E-state index contributed by atoms with van der Waals surface area (Å²) < 4.78 is 11.1. The minimum atomic E-state index is 0.0670. The van der Waals surface area contributed by atoms with Gasteiger partial charge in [-0.1, -0.05) is 12.8 Å². The van der Waals surface area contributed by atoms with Crippen molar-refractivity contribution >= 4 is 11.8 Å². The molecule has 4 rings (SSSR count). The summed E-state index contributed by atoms with van der Waals surface area (Å²) in [5.41, 5.74) is 0.263. The maximum atomic E-state index is 12.8. The minimum Gasteiger partial charge on any atom is -0.459 e. The van der Waals surface area contributed by atoms with E-state index < -0.39 is 0 Å². The van der Waals surface area contributed by atoms with Gasteiger partial charge in [0, 0.05) is 32.1 Å². The SMILES string of the molecule is N#Cc1nc(-c2ccco2)oc1N1CCC(C(=O)N2CCCCCC2)CC1. The van der Waals surface area contributed by atoms with Crippen LogP contribution in [-0.2, 0) is 4.79 Å². The summed E-state index contributed by atoms with van der Waals surface area (Å²) in [4.78, 5) is 21.2. The summed E-state index contributed by atoms with van der Waals surface area (Å²) in [7, 11) is 0. The zero-order chi connectivity index (χ0) is 18.6. The largest absolute Gasteiger partial charge is 0.459 e. The normalized spacial score (nSPS) is 18.9. The van der Waals surface area contributed by atoms with Gasteiger partial charge in [0.2, 0.25) is 17.5 Å². The highest BCUT2D eigenvalue weighted by Crippen LogP contribution is 2.31. The summed E-state index contributed by atoms with van der Waals surface area (Å²) in [5.74, 6) is 1.66. The zero-order valence-corrected chi connectivity index (χ0v) is 15.4. The lowest BCUT2D eigenvalue weighted by atomic mass is 9.95. The maximum Gasteiger partial charge on any atom is 0.266 e. The van der Waals surface area contributed by atoms with Crippen molar-refractivity contribution in [1.82, 2.24) is 9.88 Å². The molecular formula is C20H24N4O3. The highest BCUT2D eigenvalue weighted by atomic mass is 16.4. The Labute approximate surface area is 158 Å². The second kappa shape index (κ2) is 7.87. The van der Waals surface area contributed by atoms with Crippen LogP contribution in [0.2, 0.25) is 0 Å². The molecule has 2 aliphatic heterocycles. The first kappa shape index (κ1) is 17.7. The molecule has 1 amide bonds. The van der Waals surface area contributed by atoms with E-state index >= 15 is 0 Å². The van der Waals surface area contributed by atoms with Gasteiger partial charge in [0.05, 0.1) is 6.26 Å². The number of hydrogen-bond donors (Lipinski definition) is 0. The second-order valence-corrected chi connectivity index (χ2v) is 7.26. The van der Waals surface area contributed by atoms with Crippen LogP contribution in [0.15, 0.2) is 27.2 Å². The van der Waals surface area contributed by atoms with Gasteiger partial charge in [-0.25, -0.2) is 0 Å². The molecule has 0 radical (unpaired) electrons. The van der Waals surface area contributed by atoms with Crippen LogP contribution in [0.4, 0.5) is 5.88 Å². The van der Waals surface area contributed by atoms with Crippen LogP contribution in [0.1, 0.15) is 44.2 Å². The molecule has 0 saturated carbocycles. The molecular weight excluding hydrogens is 344 g/mol. The number of aromatic nitrogens is 1. The molecule has 2 aliphatic rings. The van der Waals surface area contributed by atoms with E-state index in [0.29, 0.717) is 36.5 Å². The van der Waals surface area contributed by atoms with Crippen LogP contribution in [0.5, 0.6) is 0 Å². The van der Waals surface area contributed by atoms with Gasteiger partial charge in [-0.3, -0.25) is 4.79 Å². The number of oxazole rings is 1. The molecule has 2 fully saturated rings. The van der Waals surface area contributed by atoms with Gasteiger partial charge in [-0.15, -0.1) is 0 Å². The molecule has 4 heterocycles. The molecule has 0 aromatic carbocycles. The van der Waals surface area contributed by atoms with Crippen molar-refractivity contribution in [2.75, 3.05) is 31.1 Å². The summed E-state index contributed by atoms with van der Waals surface area (Å²) >= 11 is 0. The number of carbonyl (C=O) groups excluding carboxylic acids is 1. The number of furan rings is 1. The van der Waals surface area contributed by atoms with Gasteiger partial charge < -0.3 is 18.6 Å². The lowest BCUT2D eigenvalue weighted by Gasteiger charge is -2.33. The summed E-state index contributed by atoms with van der Waals surface area (Å²) in [6.07, 6.45) is 7.78. The molecule has 27 heavy (non-hydrogen) atoms. The number of amides is 1. The van der Waals surface area contributed by atoms with Crippen LogP contribution < -0.4 is 4.90 Å². The number of anilines is 1. The fraction of sp³-hybridized carbons (Fsp3) is 0.550. The molecule has 7 nitrogen and oxygen atoms in total. The van der Waals surface area contributed by atoms with Crippen molar-refractivity contribution in [3.05, 3.63) is 24.1 Å². The third-order valence-corrected chi connectivity index (χ3v) is 5.50. The number of nitrogens with zero attached hydrogens (tertiary/aromatic N) is 4. The maximum absolute atomic E-state index is 12.8. The van der Waals surface area contributed by atoms with E-state index in [0.717, 1.165) is 38.8 Å². The Kier molecular flexibility index (Phi) is 5.14. The van der Waals surface area contributed by atoms with Crippen molar-refractivity contribution in [3.63, 3.8) is 0 Å². The lowest BCUT2D eigenvalue weighted by molar-refractivity contribution is -0.136. The third kappa shape index (κ3) is 3.70. The number of nitriles is 1. The number of hydrogen-bond acceptors (Lipinski definition) is 6. The van der Waals surface area contributed by atoms with E-state index in [4.69, 9.17) is 8.83 Å². The minimum absolute atomic E-state index is 0.0670.